The van der Waals surface area contributed by atoms with Crippen molar-refractivity contribution in [1.29, 1.82) is 0 Å². The summed E-state index contributed by atoms with van der Waals surface area (Å²) in [6, 6.07) is 5.13. The van der Waals surface area contributed by atoms with Crippen molar-refractivity contribution in [2.75, 3.05) is 29.1 Å². The second kappa shape index (κ2) is 6.69. The van der Waals surface area contributed by atoms with E-state index in [0.717, 1.165) is 37.5 Å². The zero-order valence-electron chi connectivity index (χ0n) is 15.5. The smallest absolute Gasteiger partial charge is 0.139 e. The van der Waals surface area contributed by atoms with Crippen molar-refractivity contribution in [2.45, 2.75) is 32.0 Å². The molecule has 8 heteroatoms. The van der Waals surface area contributed by atoms with Crippen LogP contribution < -0.4 is 14.5 Å². The Morgan fingerprint density at radius 1 is 1.22 bits per heavy atom. The topological polar surface area (TPSA) is 73.0 Å². The lowest BCUT2D eigenvalue weighted by atomic mass is 9.97. The number of aromatic amines is 1. The second-order valence-electron chi connectivity index (χ2n) is 7.30. The first-order valence-electron chi connectivity index (χ1n) is 9.29. The van der Waals surface area contributed by atoms with Gasteiger partial charge in [0.15, 0.2) is 0 Å². The van der Waals surface area contributed by atoms with E-state index in [1.54, 1.807) is 18.3 Å². The molecule has 0 saturated carbocycles. The highest BCUT2D eigenvalue weighted by molar-refractivity contribution is 7.96. The third-order valence-electron chi connectivity index (χ3n) is 5.57. The fourth-order valence-electron chi connectivity index (χ4n) is 4.18. The minimum Gasteiger partial charge on any atom is -0.363 e. The van der Waals surface area contributed by atoms with Gasteiger partial charge < -0.3 is 14.8 Å². The molecule has 7 nitrogen and oxygen atoms in total. The van der Waals surface area contributed by atoms with Crippen LogP contribution in [0.1, 0.15) is 18.2 Å². The molecule has 3 aromatic rings. The van der Waals surface area contributed by atoms with Crippen molar-refractivity contribution in [2.24, 2.45) is 0 Å². The average molecular weight is 382 g/mol. The quantitative estimate of drug-likeness (QED) is 0.672. The van der Waals surface area contributed by atoms with Crippen LogP contribution in [0, 0.1) is 0 Å². The van der Waals surface area contributed by atoms with Crippen LogP contribution >= 0.6 is 11.9 Å². The van der Waals surface area contributed by atoms with Crippen molar-refractivity contribution < 1.29 is 0 Å². The molecule has 1 saturated heterocycles. The largest absolute Gasteiger partial charge is 0.363 e. The standard InChI is InChI=1S/C19H23N7S/c1-12-7-16-15(19(23-11-22-16)25-8-13(9-25)24-27-2)10-26(12)17-4-6-21-18-14(17)3-5-20-18/h3-6,11-13,24H,7-10H2,1-2H3,(H,20,21). The Kier molecular flexibility index (Phi) is 4.17. The number of hydrogen-bond acceptors (Lipinski definition) is 7. The molecule has 2 N–H and O–H groups in total. The van der Waals surface area contributed by atoms with Crippen LogP contribution in [-0.2, 0) is 13.0 Å². The van der Waals surface area contributed by atoms with E-state index in [2.05, 4.69) is 59.8 Å². The highest BCUT2D eigenvalue weighted by Gasteiger charge is 2.33. The predicted octanol–water partition coefficient (Wildman–Crippen LogP) is 2.36. The minimum atomic E-state index is 0.378. The van der Waals surface area contributed by atoms with Crippen molar-refractivity contribution in [3.63, 3.8) is 0 Å². The normalized spacial score (nSPS) is 20.0. The zero-order valence-corrected chi connectivity index (χ0v) is 16.3. The van der Waals surface area contributed by atoms with E-state index >= 15 is 0 Å². The maximum Gasteiger partial charge on any atom is 0.139 e. The first kappa shape index (κ1) is 16.8. The van der Waals surface area contributed by atoms with Crippen LogP contribution in [0.15, 0.2) is 30.9 Å². The molecule has 0 amide bonds. The van der Waals surface area contributed by atoms with Gasteiger partial charge in [-0.05, 0) is 25.3 Å². The number of rotatable bonds is 4. The van der Waals surface area contributed by atoms with Crippen LogP contribution in [-0.4, -0.2) is 51.4 Å². The molecule has 0 bridgehead atoms. The fraction of sp³-hybridized carbons (Fsp3) is 0.421. The van der Waals surface area contributed by atoms with Gasteiger partial charge in [0.05, 0.1) is 11.7 Å². The molecule has 1 atom stereocenters. The van der Waals surface area contributed by atoms with Crippen LogP contribution in [0.4, 0.5) is 11.5 Å². The Bertz CT molecular complexity index is 966. The Balaban J connectivity index is 1.48. The molecule has 0 aromatic carbocycles. The fourth-order valence-corrected chi connectivity index (χ4v) is 4.66. The highest BCUT2D eigenvalue weighted by Crippen LogP contribution is 2.35. The predicted molar refractivity (Wildman–Crippen MR) is 110 cm³/mol. The number of pyridine rings is 1. The summed E-state index contributed by atoms with van der Waals surface area (Å²) in [6.45, 7) is 5.09. The van der Waals surface area contributed by atoms with E-state index in [-0.39, 0.29) is 0 Å². The van der Waals surface area contributed by atoms with Crippen molar-refractivity contribution >= 4 is 34.5 Å². The number of nitrogens with one attached hydrogen (secondary N) is 2. The number of nitrogens with zero attached hydrogens (tertiary/aromatic N) is 5. The molecular weight excluding hydrogens is 358 g/mol. The van der Waals surface area contributed by atoms with Gasteiger partial charge in [0, 0.05) is 61.1 Å². The number of hydrogen-bond donors (Lipinski definition) is 2. The van der Waals surface area contributed by atoms with Crippen LogP contribution in [0.5, 0.6) is 0 Å². The summed E-state index contributed by atoms with van der Waals surface area (Å²) in [7, 11) is 0. The first-order chi connectivity index (χ1) is 13.2. The molecule has 5 rings (SSSR count). The second-order valence-corrected chi connectivity index (χ2v) is 7.94. The van der Waals surface area contributed by atoms with E-state index in [1.807, 2.05) is 12.4 Å². The highest BCUT2D eigenvalue weighted by atomic mass is 32.2. The van der Waals surface area contributed by atoms with Gasteiger partial charge in [-0.1, -0.05) is 11.9 Å². The molecule has 0 spiro atoms. The van der Waals surface area contributed by atoms with Gasteiger partial charge in [0.1, 0.15) is 17.8 Å². The van der Waals surface area contributed by atoms with Crippen LogP contribution in [0.25, 0.3) is 11.0 Å². The molecule has 1 fully saturated rings. The summed E-state index contributed by atoms with van der Waals surface area (Å²) in [5.74, 6) is 1.09. The Hall–Kier alpha value is -2.32. The van der Waals surface area contributed by atoms with Crippen molar-refractivity contribution in [1.82, 2.24) is 24.7 Å². The molecule has 0 radical (unpaired) electrons. The van der Waals surface area contributed by atoms with Gasteiger partial charge in [-0.3, -0.25) is 4.72 Å². The van der Waals surface area contributed by atoms with Gasteiger partial charge in [0.2, 0.25) is 0 Å². The third kappa shape index (κ3) is 2.83. The monoisotopic (exact) mass is 381 g/mol. The summed E-state index contributed by atoms with van der Waals surface area (Å²) in [4.78, 5) is 21.7. The SMILES string of the molecule is CSNC1CN(c2ncnc3c2CN(c2ccnc4[nH]ccc24)C(C)C3)C1. The van der Waals surface area contributed by atoms with Gasteiger partial charge in [-0.15, -0.1) is 0 Å². The van der Waals surface area contributed by atoms with Crippen LogP contribution in [0.2, 0.25) is 0 Å². The van der Waals surface area contributed by atoms with Gasteiger partial charge in [-0.2, -0.15) is 0 Å². The summed E-state index contributed by atoms with van der Waals surface area (Å²) in [6.07, 6.45) is 8.57. The third-order valence-corrected chi connectivity index (χ3v) is 6.14. The van der Waals surface area contributed by atoms with Crippen molar-refractivity contribution in [3.05, 3.63) is 42.1 Å². The maximum absolute atomic E-state index is 4.65. The Morgan fingerprint density at radius 2 is 2.11 bits per heavy atom. The number of aromatic nitrogens is 4. The van der Waals surface area contributed by atoms with Gasteiger partial charge in [0.25, 0.3) is 0 Å². The molecule has 140 valence electrons. The average Bonchev–Trinajstić information content (AvgIpc) is 3.12. The summed E-state index contributed by atoms with van der Waals surface area (Å²) >= 11 is 1.68. The van der Waals surface area contributed by atoms with E-state index < -0.39 is 0 Å². The lowest BCUT2D eigenvalue weighted by Gasteiger charge is -2.43. The lowest BCUT2D eigenvalue weighted by molar-refractivity contribution is 0.483. The molecular formula is C19H23N7S. The van der Waals surface area contributed by atoms with Gasteiger partial charge >= 0.3 is 0 Å². The lowest BCUT2D eigenvalue weighted by Crippen LogP contribution is -2.57. The molecule has 2 aliphatic rings. The minimum absolute atomic E-state index is 0.378. The van der Waals surface area contributed by atoms with E-state index in [4.69, 9.17) is 0 Å². The van der Waals surface area contributed by atoms with E-state index in [1.165, 1.54) is 22.3 Å². The molecule has 3 aromatic heterocycles. The maximum atomic E-state index is 4.65. The summed E-state index contributed by atoms with van der Waals surface area (Å²) in [5.41, 5.74) is 4.60. The number of H-pyrrole nitrogens is 1. The van der Waals surface area contributed by atoms with Crippen LogP contribution in [0.3, 0.4) is 0 Å². The molecule has 5 heterocycles. The van der Waals surface area contributed by atoms with Crippen molar-refractivity contribution in [3.8, 4) is 0 Å². The Morgan fingerprint density at radius 3 is 2.96 bits per heavy atom. The number of anilines is 2. The molecule has 2 aliphatic heterocycles. The molecule has 0 aliphatic carbocycles. The van der Waals surface area contributed by atoms with Gasteiger partial charge in [-0.25, -0.2) is 15.0 Å². The number of fused-ring (bicyclic) bond motifs is 2. The molecule has 1 unspecified atom stereocenters. The first-order valence-corrected chi connectivity index (χ1v) is 10.5. The molecule has 27 heavy (non-hydrogen) atoms. The van der Waals surface area contributed by atoms with E-state index in [0.29, 0.717) is 12.1 Å². The zero-order chi connectivity index (χ0) is 18.4. The van der Waals surface area contributed by atoms with E-state index in [9.17, 15) is 0 Å². The summed E-state index contributed by atoms with van der Waals surface area (Å²) < 4.78 is 3.43. The Labute approximate surface area is 162 Å². The summed E-state index contributed by atoms with van der Waals surface area (Å²) in [5, 5.41) is 1.17.